The number of hydrogen-bond donors (Lipinski definition) is 2. The van der Waals surface area contributed by atoms with Crippen LogP contribution in [0.2, 0.25) is 0 Å². The maximum absolute atomic E-state index is 10.4. The molecule has 0 bridgehead atoms. The van der Waals surface area contributed by atoms with E-state index in [0.29, 0.717) is 17.8 Å². The second-order valence-electron chi connectivity index (χ2n) is 7.59. The molecular weight excluding hydrogens is 364 g/mol. The molecule has 1 saturated carbocycles. The zero-order valence-electron chi connectivity index (χ0n) is 17.4. The van der Waals surface area contributed by atoms with E-state index in [1.807, 2.05) is 12.3 Å². The van der Waals surface area contributed by atoms with Gasteiger partial charge in [-0.05, 0) is 68.9 Å². The number of nitrogens with one attached hydrogen (secondary N) is 1. The number of methoxy groups -OCH3 is 1. The van der Waals surface area contributed by atoms with E-state index in [2.05, 4.69) is 31.0 Å². The molecule has 29 heavy (non-hydrogen) atoms. The van der Waals surface area contributed by atoms with E-state index in [4.69, 9.17) is 15.2 Å². The van der Waals surface area contributed by atoms with Gasteiger partial charge < -0.3 is 20.2 Å². The maximum Gasteiger partial charge on any atom is 0.248 e. The summed E-state index contributed by atoms with van der Waals surface area (Å²) in [5.41, 5.74) is 9.22. The molecule has 0 atom stereocenters. The van der Waals surface area contributed by atoms with E-state index in [1.54, 1.807) is 31.4 Å². The Kier molecular flexibility index (Phi) is 6.94. The summed E-state index contributed by atoms with van der Waals surface area (Å²) in [5, 5.41) is 1.20. The highest BCUT2D eigenvalue weighted by Gasteiger charge is 2.23. The first-order chi connectivity index (χ1) is 14.0. The molecule has 0 saturated heterocycles. The van der Waals surface area contributed by atoms with Crippen LogP contribution < -0.4 is 10.5 Å². The number of H-pyrrole nitrogens is 1. The van der Waals surface area contributed by atoms with Crippen LogP contribution in [0.25, 0.3) is 10.9 Å². The van der Waals surface area contributed by atoms with Crippen molar-refractivity contribution in [2.45, 2.75) is 51.7 Å². The number of amides is 1. The van der Waals surface area contributed by atoms with E-state index < -0.39 is 0 Å². The van der Waals surface area contributed by atoms with Gasteiger partial charge in [-0.15, -0.1) is 0 Å². The molecule has 0 unspecified atom stereocenters. The lowest BCUT2D eigenvalue weighted by Crippen LogP contribution is -2.27. The maximum atomic E-state index is 10.4. The summed E-state index contributed by atoms with van der Waals surface area (Å²) in [4.78, 5) is 13.7. The van der Waals surface area contributed by atoms with Crippen LogP contribution in [0.3, 0.4) is 0 Å². The van der Waals surface area contributed by atoms with E-state index in [0.717, 1.165) is 31.4 Å². The Balaban J connectivity index is 0.000000224. The van der Waals surface area contributed by atoms with Crippen molar-refractivity contribution in [2.24, 2.45) is 5.73 Å². The fourth-order valence-corrected chi connectivity index (χ4v) is 3.87. The highest BCUT2D eigenvalue weighted by molar-refractivity contribution is 5.92. The number of carbonyl (C=O) groups excluding carboxylic acids is 1. The Morgan fingerprint density at radius 2 is 1.66 bits per heavy atom. The van der Waals surface area contributed by atoms with Crippen LogP contribution >= 0.6 is 0 Å². The number of hydrogen-bond acceptors (Lipinski definition) is 3. The van der Waals surface area contributed by atoms with Gasteiger partial charge in [0.1, 0.15) is 5.75 Å². The van der Waals surface area contributed by atoms with E-state index >= 15 is 0 Å². The standard InChI is InChI=1S/C17H23NO2.C7H7NO/c1-11-10-12(2)17(15-8-9-18-16(11)15)20-14-6-4-13(19-3)5-7-14;8-7(9)6-4-2-1-3-5-6/h8-10,13-14,18H,4-7H2,1-3H3;1-5H,(H2,8,9). The summed E-state index contributed by atoms with van der Waals surface area (Å²) in [6.45, 7) is 4.27. The number of aryl methyl sites for hydroxylation is 2. The van der Waals surface area contributed by atoms with Crippen molar-refractivity contribution in [3.63, 3.8) is 0 Å². The van der Waals surface area contributed by atoms with Crippen LogP contribution in [0.4, 0.5) is 0 Å². The van der Waals surface area contributed by atoms with Crippen LogP contribution in [0.1, 0.15) is 47.2 Å². The van der Waals surface area contributed by atoms with Gasteiger partial charge in [-0.25, -0.2) is 0 Å². The van der Waals surface area contributed by atoms with E-state index in [9.17, 15) is 4.79 Å². The van der Waals surface area contributed by atoms with Gasteiger partial charge in [0, 0.05) is 24.3 Å². The van der Waals surface area contributed by atoms with Crippen LogP contribution in [-0.4, -0.2) is 30.2 Å². The first kappa shape index (κ1) is 20.9. The molecule has 0 radical (unpaired) electrons. The number of rotatable bonds is 4. The molecular formula is C24H30N2O3. The summed E-state index contributed by atoms with van der Waals surface area (Å²) in [5.74, 6) is 0.670. The minimum Gasteiger partial charge on any atom is -0.489 e. The van der Waals surface area contributed by atoms with Gasteiger partial charge in [-0.2, -0.15) is 0 Å². The largest absolute Gasteiger partial charge is 0.489 e. The lowest BCUT2D eigenvalue weighted by atomic mass is 9.94. The van der Waals surface area contributed by atoms with Crippen LogP contribution in [0.15, 0.2) is 48.7 Å². The molecule has 1 fully saturated rings. The smallest absolute Gasteiger partial charge is 0.248 e. The molecule has 2 aromatic carbocycles. The number of carbonyl (C=O) groups is 1. The predicted octanol–water partition coefficient (Wildman–Crippen LogP) is 4.91. The average molecular weight is 395 g/mol. The summed E-state index contributed by atoms with van der Waals surface area (Å²) >= 11 is 0. The number of ether oxygens (including phenoxy) is 2. The summed E-state index contributed by atoms with van der Waals surface area (Å²) in [7, 11) is 1.80. The van der Waals surface area contributed by atoms with Gasteiger partial charge in [0.25, 0.3) is 0 Å². The number of aromatic amines is 1. The first-order valence-electron chi connectivity index (χ1n) is 10.1. The van der Waals surface area contributed by atoms with Gasteiger partial charge in [-0.3, -0.25) is 4.79 Å². The molecule has 4 rings (SSSR count). The Morgan fingerprint density at radius 3 is 2.24 bits per heavy atom. The molecule has 1 heterocycles. The summed E-state index contributed by atoms with van der Waals surface area (Å²) in [6.07, 6.45) is 7.09. The van der Waals surface area contributed by atoms with Gasteiger partial charge in [-0.1, -0.05) is 24.3 Å². The molecule has 5 nitrogen and oxygen atoms in total. The van der Waals surface area contributed by atoms with Crippen molar-refractivity contribution < 1.29 is 14.3 Å². The normalized spacial score (nSPS) is 18.7. The summed E-state index contributed by atoms with van der Waals surface area (Å²) in [6, 6.07) is 13.1. The number of primary amides is 1. The van der Waals surface area contributed by atoms with Crippen molar-refractivity contribution in [3.8, 4) is 5.75 Å². The van der Waals surface area contributed by atoms with Gasteiger partial charge in [0.05, 0.1) is 17.7 Å². The molecule has 5 heteroatoms. The second kappa shape index (κ2) is 9.61. The van der Waals surface area contributed by atoms with E-state index in [1.165, 1.54) is 22.0 Å². The summed E-state index contributed by atoms with van der Waals surface area (Å²) < 4.78 is 11.8. The Morgan fingerprint density at radius 1 is 1.00 bits per heavy atom. The minimum absolute atomic E-state index is 0.320. The molecule has 0 spiro atoms. The van der Waals surface area contributed by atoms with Crippen LogP contribution in [0, 0.1) is 13.8 Å². The lowest BCUT2D eigenvalue weighted by molar-refractivity contribution is 0.0330. The third kappa shape index (κ3) is 5.18. The molecule has 0 aliphatic heterocycles. The average Bonchev–Trinajstić information content (AvgIpc) is 3.23. The van der Waals surface area contributed by atoms with E-state index in [-0.39, 0.29) is 5.91 Å². The van der Waals surface area contributed by atoms with Crippen molar-refractivity contribution in [1.82, 2.24) is 4.98 Å². The molecule has 1 aliphatic rings. The number of fused-ring (bicyclic) bond motifs is 1. The van der Waals surface area contributed by atoms with Crippen molar-refractivity contribution in [3.05, 3.63) is 65.4 Å². The Bertz CT molecular complexity index is 941. The number of aromatic nitrogens is 1. The van der Waals surface area contributed by atoms with Crippen LogP contribution in [-0.2, 0) is 4.74 Å². The van der Waals surface area contributed by atoms with Crippen molar-refractivity contribution in [1.29, 1.82) is 0 Å². The molecule has 3 aromatic rings. The topological polar surface area (TPSA) is 77.3 Å². The number of nitrogens with two attached hydrogens (primary N) is 1. The Hall–Kier alpha value is -2.79. The second-order valence-corrected chi connectivity index (χ2v) is 7.59. The highest BCUT2D eigenvalue weighted by Crippen LogP contribution is 2.34. The third-order valence-corrected chi connectivity index (χ3v) is 5.47. The Labute approximate surface area is 172 Å². The molecule has 154 valence electrons. The fourth-order valence-electron chi connectivity index (χ4n) is 3.87. The quantitative estimate of drug-likeness (QED) is 0.660. The van der Waals surface area contributed by atoms with Gasteiger partial charge in [0.2, 0.25) is 5.91 Å². The lowest BCUT2D eigenvalue weighted by Gasteiger charge is -2.29. The third-order valence-electron chi connectivity index (χ3n) is 5.47. The van der Waals surface area contributed by atoms with Crippen molar-refractivity contribution in [2.75, 3.05) is 7.11 Å². The number of benzene rings is 2. The van der Waals surface area contributed by atoms with Gasteiger partial charge >= 0.3 is 0 Å². The molecule has 1 aromatic heterocycles. The molecule has 1 aliphatic carbocycles. The minimum atomic E-state index is -0.379. The monoisotopic (exact) mass is 394 g/mol. The van der Waals surface area contributed by atoms with Crippen molar-refractivity contribution >= 4 is 16.8 Å². The first-order valence-corrected chi connectivity index (χ1v) is 10.1. The van der Waals surface area contributed by atoms with Gasteiger partial charge in [0.15, 0.2) is 0 Å². The molecule has 3 N–H and O–H groups in total. The predicted molar refractivity (Wildman–Crippen MR) is 116 cm³/mol. The SMILES string of the molecule is COC1CCC(Oc2c(C)cc(C)c3[nH]ccc23)CC1.NC(=O)c1ccccc1. The van der Waals surface area contributed by atoms with Crippen LogP contribution in [0.5, 0.6) is 5.75 Å². The zero-order chi connectivity index (χ0) is 20.8. The molecule has 1 amide bonds. The fraction of sp³-hybridized carbons (Fsp3) is 0.375. The zero-order valence-corrected chi connectivity index (χ0v) is 17.4. The highest BCUT2D eigenvalue weighted by atomic mass is 16.5.